The number of benzene rings is 3. The predicted molar refractivity (Wildman–Crippen MR) is 171 cm³/mol. The third-order valence-corrected chi connectivity index (χ3v) is 7.89. The number of amides is 2. The molecule has 2 amide bonds. The Morgan fingerprint density at radius 3 is 2.05 bits per heavy atom. The zero-order valence-corrected chi connectivity index (χ0v) is 25.6. The van der Waals surface area contributed by atoms with Crippen molar-refractivity contribution in [1.82, 2.24) is 16.0 Å². The zero-order chi connectivity index (χ0) is 30.8. The van der Waals surface area contributed by atoms with Crippen LogP contribution in [0.25, 0.3) is 0 Å². The van der Waals surface area contributed by atoms with Crippen molar-refractivity contribution in [3.05, 3.63) is 108 Å². The first-order valence-corrected chi connectivity index (χ1v) is 15.4. The van der Waals surface area contributed by atoms with Crippen molar-refractivity contribution < 1.29 is 14.3 Å². The van der Waals surface area contributed by atoms with Crippen LogP contribution in [-0.4, -0.2) is 37.7 Å². The molecule has 0 unspecified atom stereocenters. The third-order valence-electron chi connectivity index (χ3n) is 7.89. The summed E-state index contributed by atoms with van der Waals surface area (Å²) in [6.45, 7) is 6.09. The molecule has 43 heavy (non-hydrogen) atoms. The monoisotopic (exact) mass is 582 g/mol. The van der Waals surface area contributed by atoms with E-state index in [-0.39, 0.29) is 24.5 Å². The van der Waals surface area contributed by atoms with Gasteiger partial charge in [0.2, 0.25) is 5.91 Å². The van der Waals surface area contributed by atoms with Crippen molar-refractivity contribution in [2.75, 3.05) is 19.6 Å². The van der Waals surface area contributed by atoms with Crippen LogP contribution < -0.4 is 16.0 Å². The molecule has 7 heteroatoms. The van der Waals surface area contributed by atoms with E-state index in [2.05, 4.69) is 48.0 Å². The Balaban J connectivity index is 1.47. The lowest BCUT2D eigenvalue weighted by Gasteiger charge is -2.31. The second-order valence-corrected chi connectivity index (χ2v) is 11.2. The SMILES string of the molecule is CC(C)[C@@](C#N)(CCCN[C@@H](CCCCNC(=O)OCc1ccccc1)C(=O)NCCc1ccccc1)c1ccccc1. The summed E-state index contributed by atoms with van der Waals surface area (Å²) < 4.78 is 5.28. The summed E-state index contributed by atoms with van der Waals surface area (Å²) in [4.78, 5) is 25.2. The van der Waals surface area contributed by atoms with Crippen LogP contribution >= 0.6 is 0 Å². The summed E-state index contributed by atoms with van der Waals surface area (Å²) in [5.41, 5.74) is 2.59. The summed E-state index contributed by atoms with van der Waals surface area (Å²) in [5, 5.41) is 19.6. The van der Waals surface area contributed by atoms with Crippen LogP contribution in [0.3, 0.4) is 0 Å². The second kappa shape index (κ2) is 18.4. The molecule has 0 spiro atoms. The van der Waals surface area contributed by atoms with Crippen LogP contribution in [-0.2, 0) is 28.0 Å². The lowest BCUT2D eigenvalue weighted by molar-refractivity contribution is -0.123. The molecule has 2 atom stereocenters. The van der Waals surface area contributed by atoms with Gasteiger partial charge in [-0.3, -0.25) is 4.79 Å². The van der Waals surface area contributed by atoms with Crippen LogP contribution in [0.1, 0.15) is 62.6 Å². The Hall–Kier alpha value is -4.15. The molecule has 0 heterocycles. The predicted octanol–water partition coefficient (Wildman–Crippen LogP) is 6.30. The lowest BCUT2D eigenvalue weighted by atomic mass is 9.70. The quantitative estimate of drug-likeness (QED) is 0.153. The Labute approximate surface area is 257 Å². The highest BCUT2D eigenvalue weighted by Gasteiger charge is 2.35. The molecule has 3 N–H and O–H groups in total. The van der Waals surface area contributed by atoms with Crippen LogP contribution in [0, 0.1) is 17.2 Å². The number of ether oxygens (including phenoxy) is 1. The molecule has 0 aliphatic rings. The van der Waals surface area contributed by atoms with E-state index in [4.69, 9.17) is 4.74 Å². The number of carbonyl (C=O) groups is 2. The smallest absolute Gasteiger partial charge is 0.407 e. The number of nitrogens with one attached hydrogen (secondary N) is 3. The van der Waals surface area contributed by atoms with Gasteiger partial charge in [-0.25, -0.2) is 4.79 Å². The fourth-order valence-corrected chi connectivity index (χ4v) is 5.26. The van der Waals surface area contributed by atoms with Crippen molar-refractivity contribution in [1.29, 1.82) is 5.26 Å². The third kappa shape index (κ3) is 11.2. The maximum absolute atomic E-state index is 13.2. The Morgan fingerprint density at radius 2 is 1.42 bits per heavy atom. The Kier molecular flexibility index (Phi) is 14.3. The first-order chi connectivity index (χ1) is 20.9. The maximum Gasteiger partial charge on any atom is 0.407 e. The standard InChI is InChI=1S/C36H46N4O3/c1-29(2)36(28-37,32-19-10-5-11-20-32)23-14-25-38-33(34(41)39-26-22-30-15-6-3-7-16-30)21-12-13-24-40-35(42)43-27-31-17-8-4-9-18-31/h3-11,15-20,29,33,38H,12-14,21-27H2,1-2H3,(H,39,41)(H,40,42)/t33-,36-/m0/s1. The number of carbonyl (C=O) groups excluding carboxylic acids is 2. The summed E-state index contributed by atoms with van der Waals surface area (Å²) in [6.07, 6.45) is 3.94. The fraction of sp³-hybridized carbons (Fsp3) is 0.417. The molecule has 0 saturated heterocycles. The molecule has 0 saturated carbocycles. The molecular formula is C36H46N4O3. The molecule has 0 aromatic heterocycles. The van der Waals surface area contributed by atoms with Gasteiger partial charge >= 0.3 is 6.09 Å². The highest BCUT2D eigenvalue weighted by molar-refractivity contribution is 5.81. The minimum absolute atomic E-state index is 0.0235. The van der Waals surface area contributed by atoms with Gasteiger partial charge in [0.1, 0.15) is 6.61 Å². The number of hydrogen-bond acceptors (Lipinski definition) is 5. The Bertz CT molecular complexity index is 1260. The summed E-state index contributed by atoms with van der Waals surface area (Å²) in [7, 11) is 0. The van der Waals surface area contributed by atoms with Gasteiger partial charge in [0, 0.05) is 13.1 Å². The van der Waals surface area contributed by atoms with Crippen molar-refractivity contribution in [3.8, 4) is 6.07 Å². The molecule has 7 nitrogen and oxygen atoms in total. The largest absolute Gasteiger partial charge is 0.445 e. The highest BCUT2D eigenvalue weighted by atomic mass is 16.5. The van der Waals surface area contributed by atoms with Gasteiger partial charge in [-0.05, 0) is 67.7 Å². The number of alkyl carbamates (subject to hydrolysis) is 1. The van der Waals surface area contributed by atoms with Crippen LogP contribution in [0.5, 0.6) is 0 Å². The molecule has 0 fully saturated rings. The molecule has 0 radical (unpaired) electrons. The summed E-state index contributed by atoms with van der Waals surface area (Å²) in [6, 6.07) is 31.9. The van der Waals surface area contributed by atoms with Crippen molar-refractivity contribution in [3.63, 3.8) is 0 Å². The molecule has 3 aromatic carbocycles. The lowest BCUT2D eigenvalue weighted by Crippen LogP contribution is -2.45. The average molecular weight is 583 g/mol. The average Bonchev–Trinajstić information content (AvgIpc) is 3.04. The van der Waals surface area contributed by atoms with Crippen LogP contribution in [0.4, 0.5) is 4.79 Å². The van der Waals surface area contributed by atoms with E-state index in [1.165, 1.54) is 5.56 Å². The van der Waals surface area contributed by atoms with Gasteiger partial charge in [0.05, 0.1) is 17.5 Å². The normalized spacial score (nSPS) is 13.0. The Morgan fingerprint density at radius 1 is 0.791 bits per heavy atom. The van der Waals surface area contributed by atoms with Gasteiger partial charge in [-0.1, -0.05) is 105 Å². The van der Waals surface area contributed by atoms with Gasteiger partial charge in [-0.15, -0.1) is 0 Å². The van der Waals surface area contributed by atoms with E-state index in [1.807, 2.05) is 78.9 Å². The van der Waals surface area contributed by atoms with E-state index < -0.39 is 11.5 Å². The number of nitriles is 1. The van der Waals surface area contributed by atoms with E-state index >= 15 is 0 Å². The van der Waals surface area contributed by atoms with Gasteiger partial charge in [0.15, 0.2) is 0 Å². The highest BCUT2D eigenvalue weighted by Crippen LogP contribution is 2.36. The molecule has 0 bridgehead atoms. The van der Waals surface area contributed by atoms with Gasteiger partial charge in [0.25, 0.3) is 0 Å². The minimum Gasteiger partial charge on any atom is -0.445 e. The number of unbranched alkanes of at least 4 members (excludes halogenated alkanes) is 1. The van der Waals surface area contributed by atoms with Crippen LogP contribution in [0.15, 0.2) is 91.0 Å². The fourth-order valence-electron chi connectivity index (χ4n) is 5.26. The molecule has 3 rings (SSSR count). The summed E-state index contributed by atoms with van der Waals surface area (Å²) >= 11 is 0. The molecular weight excluding hydrogens is 536 g/mol. The number of hydrogen-bond donors (Lipinski definition) is 3. The van der Waals surface area contributed by atoms with Crippen molar-refractivity contribution >= 4 is 12.0 Å². The number of rotatable bonds is 18. The van der Waals surface area contributed by atoms with E-state index in [1.54, 1.807) is 0 Å². The summed E-state index contributed by atoms with van der Waals surface area (Å²) in [5.74, 6) is 0.133. The topological polar surface area (TPSA) is 103 Å². The molecule has 0 aliphatic carbocycles. The number of nitrogens with zero attached hydrogens (tertiary/aromatic N) is 1. The van der Waals surface area contributed by atoms with Gasteiger partial charge < -0.3 is 20.7 Å². The second-order valence-electron chi connectivity index (χ2n) is 11.2. The maximum atomic E-state index is 13.2. The zero-order valence-electron chi connectivity index (χ0n) is 25.6. The van der Waals surface area contributed by atoms with Gasteiger partial charge in [-0.2, -0.15) is 5.26 Å². The van der Waals surface area contributed by atoms with E-state index in [0.29, 0.717) is 32.5 Å². The van der Waals surface area contributed by atoms with Crippen molar-refractivity contribution in [2.45, 2.75) is 70.4 Å². The van der Waals surface area contributed by atoms with Crippen molar-refractivity contribution in [2.24, 2.45) is 5.92 Å². The molecule has 3 aromatic rings. The van der Waals surface area contributed by atoms with Crippen LogP contribution in [0.2, 0.25) is 0 Å². The molecule has 228 valence electrons. The molecule has 0 aliphatic heterocycles. The first-order valence-electron chi connectivity index (χ1n) is 15.4. The van der Waals surface area contributed by atoms with E-state index in [0.717, 1.165) is 36.8 Å². The minimum atomic E-state index is -0.572. The first kappa shape index (κ1) is 33.4. The van der Waals surface area contributed by atoms with E-state index in [9.17, 15) is 14.9 Å².